The van der Waals surface area contributed by atoms with Gasteiger partial charge in [0, 0.05) is 13.2 Å². The zero-order valence-electron chi connectivity index (χ0n) is 20.2. The molecule has 0 aliphatic carbocycles. The third kappa shape index (κ3) is 19.5. The number of rotatable bonds is 23. The van der Waals surface area contributed by atoms with Gasteiger partial charge in [0.05, 0.1) is 0 Å². The van der Waals surface area contributed by atoms with Gasteiger partial charge in [-0.15, -0.1) is 0 Å². The highest BCUT2D eigenvalue weighted by molar-refractivity contribution is 6.66. The van der Waals surface area contributed by atoms with Crippen LogP contribution in [0.4, 0.5) is 0 Å². The largest absolute Gasteiger partial charge is 0.394 e. The molecular formula is C25H54O2Si. The predicted molar refractivity (Wildman–Crippen MR) is 128 cm³/mol. The van der Waals surface area contributed by atoms with Crippen LogP contribution < -0.4 is 0 Å². The predicted octanol–water partition coefficient (Wildman–Crippen LogP) is 9.17. The number of hydrogen-bond acceptors (Lipinski definition) is 2. The van der Waals surface area contributed by atoms with Gasteiger partial charge in [-0.2, -0.15) is 0 Å². The molecule has 0 atom stereocenters. The first-order valence-corrected chi connectivity index (χ1v) is 15.5. The van der Waals surface area contributed by atoms with E-state index in [2.05, 4.69) is 27.3 Å². The van der Waals surface area contributed by atoms with Crippen LogP contribution in [0.2, 0.25) is 12.6 Å². The van der Waals surface area contributed by atoms with Crippen molar-refractivity contribution >= 4 is 8.56 Å². The number of unbranched alkanes of at least 4 members (excludes halogenated alkanes) is 15. The van der Waals surface area contributed by atoms with E-state index in [0.717, 1.165) is 26.1 Å². The topological polar surface area (TPSA) is 18.5 Å². The quantitative estimate of drug-likeness (QED) is 0.122. The molecule has 0 aromatic carbocycles. The molecule has 28 heavy (non-hydrogen) atoms. The summed E-state index contributed by atoms with van der Waals surface area (Å²) in [6, 6.07) is 1.17. The average molecular weight is 415 g/mol. The van der Waals surface area contributed by atoms with Crippen molar-refractivity contribution in [1.29, 1.82) is 0 Å². The summed E-state index contributed by atoms with van der Waals surface area (Å²) in [5.41, 5.74) is 0. The van der Waals surface area contributed by atoms with Gasteiger partial charge in [-0.25, -0.2) is 0 Å². The summed E-state index contributed by atoms with van der Waals surface area (Å²) >= 11 is 0. The van der Waals surface area contributed by atoms with Crippen LogP contribution in [0.15, 0.2) is 0 Å². The molecule has 0 aromatic heterocycles. The molecule has 170 valence electrons. The summed E-state index contributed by atoms with van der Waals surface area (Å²) in [7, 11) is -1.90. The summed E-state index contributed by atoms with van der Waals surface area (Å²) in [6.07, 6.45) is 25.0. The van der Waals surface area contributed by atoms with Crippen molar-refractivity contribution in [3.8, 4) is 0 Å². The van der Waals surface area contributed by atoms with Crippen molar-refractivity contribution < 1.29 is 8.85 Å². The monoisotopic (exact) mass is 414 g/mol. The minimum Gasteiger partial charge on any atom is -0.394 e. The fraction of sp³-hybridized carbons (Fsp3) is 1.00. The van der Waals surface area contributed by atoms with Crippen molar-refractivity contribution in [1.82, 2.24) is 0 Å². The summed E-state index contributed by atoms with van der Waals surface area (Å²) < 4.78 is 12.2. The van der Waals surface area contributed by atoms with Crippen LogP contribution in [-0.4, -0.2) is 21.8 Å². The molecule has 0 aliphatic heterocycles. The molecule has 0 N–H and O–H groups in total. The van der Waals surface area contributed by atoms with E-state index >= 15 is 0 Å². The Balaban J connectivity index is 3.39. The Hall–Kier alpha value is 0.137. The maximum Gasteiger partial charge on any atom is 0.334 e. The second kappa shape index (κ2) is 21.8. The molecular weight excluding hydrogens is 360 g/mol. The third-order valence-corrected chi connectivity index (χ3v) is 8.60. The van der Waals surface area contributed by atoms with Crippen LogP contribution in [0.1, 0.15) is 136 Å². The zero-order valence-corrected chi connectivity index (χ0v) is 21.2. The third-order valence-electron chi connectivity index (χ3n) is 5.71. The lowest BCUT2D eigenvalue weighted by atomic mass is 10.0. The Bertz CT molecular complexity index is 288. The maximum atomic E-state index is 6.12. The first kappa shape index (κ1) is 28.1. The van der Waals surface area contributed by atoms with E-state index in [1.165, 1.54) is 109 Å². The second-order valence-corrected chi connectivity index (χ2v) is 12.2. The Morgan fingerprint density at radius 3 is 1.07 bits per heavy atom. The van der Waals surface area contributed by atoms with Crippen molar-refractivity contribution in [2.24, 2.45) is 0 Å². The van der Waals surface area contributed by atoms with Gasteiger partial charge in [0.2, 0.25) is 0 Å². The van der Waals surface area contributed by atoms with Crippen LogP contribution in [0.3, 0.4) is 0 Å². The second-order valence-electron chi connectivity index (χ2n) is 8.88. The van der Waals surface area contributed by atoms with E-state index in [1.807, 2.05) is 0 Å². The van der Waals surface area contributed by atoms with Crippen molar-refractivity contribution in [3.05, 3.63) is 0 Å². The summed E-state index contributed by atoms with van der Waals surface area (Å²) in [5.74, 6) is 0. The van der Waals surface area contributed by atoms with Crippen molar-refractivity contribution in [2.45, 2.75) is 149 Å². The van der Waals surface area contributed by atoms with E-state index < -0.39 is 8.56 Å². The lowest BCUT2D eigenvalue weighted by molar-refractivity contribution is 0.172. The van der Waals surface area contributed by atoms with Crippen LogP contribution in [0, 0.1) is 0 Å². The molecule has 0 bridgehead atoms. The fourth-order valence-electron chi connectivity index (χ4n) is 3.82. The highest BCUT2D eigenvalue weighted by Crippen LogP contribution is 2.20. The standard InChI is InChI=1S/C25H54O2Si/c1-5-8-9-10-11-12-13-14-15-16-17-18-19-20-21-22-25-28(4,26-23-6-2)27-24-7-3/h5-25H2,1-4H3. The van der Waals surface area contributed by atoms with E-state index in [9.17, 15) is 0 Å². The molecule has 0 aliphatic rings. The van der Waals surface area contributed by atoms with Gasteiger partial charge < -0.3 is 8.85 Å². The van der Waals surface area contributed by atoms with Gasteiger partial charge in [-0.05, 0) is 25.4 Å². The average Bonchev–Trinajstić information content (AvgIpc) is 2.70. The Kier molecular flexibility index (Phi) is 21.9. The summed E-state index contributed by atoms with van der Waals surface area (Å²) in [5, 5.41) is 0. The summed E-state index contributed by atoms with van der Waals surface area (Å²) in [6.45, 7) is 10.7. The van der Waals surface area contributed by atoms with E-state index in [1.54, 1.807) is 0 Å². The Morgan fingerprint density at radius 1 is 0.429 bits per heavy atom. The number of hydrogen-bond donors (Lipinski definition) is 0. The van der Waals surface area contributed by atoms with Gasteiger partial charge in [-0.3, -0.25) is 0 Å². The molecule has 2 nitrogen and oxygen atoms in total. The molecule has 0 unspecified atom stereocenters. The van der Waals surface area contributed by atoms with Gasteiger partial charge in [0.1, 0.15) is 0 Å². The summed E-state index contributed by atoms with van der Waals surface area (Å²) in [4.78, 5) is 0. The lowest BCUT2D eigenvalue weighted by Gasteiger charge is -2.27. The van der Waals surface area contributed by atoms with Crippen LogP contribution >= 0.6 is 0 Å². The lowest BCUT2D eigenvalue weighted by Crippen LogP contribution is -2.39. The van der Waals surface area contributed by atoms with Crippen LogP contribution in [-0.2, 0) is 8.85 Å². The highest BCUT2D eigenvalue weighted by atomic mass is 28.4. The molecule has 0 fully saturated rings. The molecule has 0 spiro atoms. The van der Waals surface area contributed by atoms with E-state index in [-0.39, 0.29) is 0 Å². The van der Waals surface area contributed by atoms with Crippen LogP contribution in [0.5, 0.6) is 0 Å². The molecule has 0 saturated carbocycles. The maximum absolute atomic E-state index is 6.12. The molecule has 0 heterocycles. The van der Waals surface area contributed by atoms with E-state index in [0.29, 0.717) is 0 Å². The van der Waals surface area contributed by atoms with Crippen molar-refractivity contribution in [2.75, 3.05) is 13.2 Å². The minimum absolute atomic E-state index is 0.866. The molecule has 0 rings (SSSR count). The first-order chi connectivity index (χ1) is 13.7. The minimum atomic E-state index is -1.90. The molecule has 0 amide bonds. The zero-order chi connectivity index (χ0) is 20.8. The molecule has 0 saturated heterocycles. The normalized spacial score (nSPS) is 12.0. The highest BCUT2D eigenvalue weighted by Gasteiger charge is 2.30. The SMILES string of the molecule is CCCCCCCCCCCCCCCCCC[Si](C)(OCCC)OCCC. The van der Waals surface area contributed by atoms with E-state index in [4.69, 9.17) is 8.85 Å². The fourth-order valence-corrected chi connectivity index (χ4v) is 6.35. The van der Waals surface area contributed by atoms with Gasteiger partial charge in [-0.1, -0.05) is 124 Å². The smallest absolute Gasteiger partial charge is 0.334 e. The Morgan fingerprint density at radius 2 is 0.750 bits per heavy atom. The van der Waals surface area contributed by atoms with Crippen LogP contribution in [0.25, 0.3) is 0 Å². The van der Waals surface area contributed by atoms with Gasteiger partial charge in [0.25, 0.3) is 0 Å². The van der Waals surface area contributed by atoms with Gasteiger partial charge in [0.15, 0.2) is 0 Å². The first-order valence-electron chi connectivity index (χ1n) is 13.0. The Labute approximate surface area is 179 Å². The van der Waals surface area contributed by atoms with Gasteiger partial charge >= 0.3 is 8.56 Å². The van der Waals surface area contributed by atoms with Crippen molar-refractivity contribution in [3.63, 3.8) is 0 Å². The molecule has 0 radical (unpaired) electrons. The molecule has 0 aromatic rings. The molecule has 3 heteroatoms.